The van der Waals surface area contributed by atoms with Crippen LogP contribution in [-0.2, 0) is 0 Å². The van der Waals surface area contributed by atoms with Gasteiger partial charge in [0.2, 0.25) is 0 Å². The maximum Gasteiger partial charge on any atom is 0.305 e. The maximum absolute atomic E-state index is 11.3. The summed E-state index contributed by atoms with van der Waals surface area (Å²) in [5.41, 5.74) is 2.51. The molecule has 0 bridgehead atoms. The average molecular weight is 316 g/mol. The van der Waals surface area contributed by atoms with Crippen molar-refractivity contribution in [1.29, 1.82) is 0 Å². The van der Waals surface area contributed by atoms with E-state index in [1.807, 2.05) is 6.92 Å². The lowest BCUT2D eigenvalue weighted by molar-refractivity contribution is 0.209. The zero-order valence-electron chi connectivity index (χ0n) is 13.2. The van der Waals surface area contributed by atoms with E-state index in [0.717, 1.165) is 31.0 Å². The Kier molecular flexibility index (Phi) is 5.32. The van der Waals surface area contributed by atoms with Crippen LogP contribution in [0, 0.1) is 0 Å². The van der Waals surface area contributed by atoms with E-state index >= 15 is 0 Å². The molecule has 1 aromatic rings. The number of amides is 1. The number of hydrogen-bond acceptors (Lipinski definition) is 3. The van der Waals surface area contributed by atoms with Crippen molar-refractivity contribution in [3.8, 4) is 0 Å². The highest BCUT2D eigenvalue weighted by molar-refractivity contribution is 8.15. The second-order valence-corrected chi connectivity index (χ2v) is 7.45. The van der Waals surface area contributed by atoms with Crippen LogP contribution >= 0.6 is 11.8 Å². The maximum atomic E-state index is 11.3. The number of likely N-dealkylation sites (tertiary alicyclic amines) is 1. The number of carbonyl (C=O) groups excluding carboxylic acids is 1. The van der Waals surface area contributed by atoms with E-state index < -0.39 is 0 Å². The summed E-state index contributed by atoms with van der Waals surface area (Å²) in [6, 6.07) is 10.9. The number of benzene rings is 1. The Morgan fingerprint density at radius 3 is 2.59 bits per heavy atom. The van der Waals surface area contributed by atoms with Gasteiger partial charge in [-0.05, 0) is 63.7 Å². The van der Waals surface area contributed by atoms with Gasteiger partial charge in [-0.25, -0.2) is 4.99 Å². The topological polar surface area (TPSA) is 32.7 Å². The molecule has 4 heteroatoms. The largest absolute Gasteiger partial charge is 0.305 e. The minimum Gasteiger partial charge on any atom is -0.303 e. The Morgan fingerprint density at radius 2 is 1.95 bits per heavy atom. The van der Waals surface area contributed by atoms with Gasteiger partial charge in [0.15, 0.2) is 0 Å². The number of nitrogens with zero attached hydrogens (tertiary/aromatic N) is 2. The summed E-state index contributed by atoms with van der Waals surface area (Å²) in [6.07, 6.45) is 4.76. The molecule has 0 aromatic heterocycles. The van der Waals surface area contributed by atoms with Crippen LogP contribution in [0.1, 0.15) is 44.1 Å². The molecule has 0 N–H and O–H groups in total. The molecule has 118 valence electrons. The van der Waals surface area contributed by atoms with Crippen LogP contribution in [0.5, 0.6) is 0 Å². The molecule has 0 radical (unpaired) electrons. The van der Waals surface area contributed by atoms with Crippen LogP contribution in [0.4, 0.5) is 4.79 Å². The third-order valence-electron chi connectivity index (χ3n) is 4.78. The second-order valence-electron chi connectivity index (χ2n) is 6.29. The molecule has 1 atom stereocenters. The normalized spacial score (nSPS) is 23.8. The molecule has 3 nitrogen and oxygen atoms in total. The highest BCUT2D eigenvalue weighted by Crippen LogP contribution is 2.29. The summed E-state index contributed by atoms with van der Waals surface area (Å²) in [5.74, 6) is 0.731. The first-order valence-electron chi connectivity index (χ1n) is 8.25. The number of hydrogen-bond donors (Lipinski definition) is 0. The van der Waals surface area contributed by atoms with Gasteiger partial charge in [-0.15, -0.1) is 0 Å². The zero-order chi connectivity index (χ0) is 15.4. The van der Waals surface area contributed by atoms with Crippen LogP contribution in [0.25, 0.3) is 0 Å². The molecule has 0 saturated carbocycles. The average Bonchev–Trinajstić information content (AvgIpc) is 2.87. The molecule has 1 fully saturated rings. The Morgan fingerprint density at radius 1 is 1.23 bits per heavy atom. The van der Waals surface area contributed by atoms with Crippen LogP contribution in [0.3, 0.4) is 0 Å². The van der Waals surface area contributed by atoms with Gasteiger partial charge in [-0.1, -0.05) is 42.1 Å². The third kappa shape index (κ3) is 3.99. The van der Waals surface area contributed by atoms with E-state index in [9.17, 15) is 4.79 Å². The van der Waals surface area contributed by atoms with Crippen molar-refractivity contribution < 1.29 is 4.79 Å². The number of carbonyl (C=O) groups is 1. The minimum atomic E-state index is -0.00817. The monoisotopic (exact) mass is 316 g/mol. The quantitative estimate of drug-likeness (QED) is 0.810. The van der Waals surface area contributed by atoms with E-state index in [0.29, 0.717) is 5.25 Å². The fraction of sp³-hybridized carbons (Fsp3) is 0.556. The van der Waals surface area contributed by atoms with Crippen molar-refractivity contribution in [2.24, 2.45) is 4.99 Å². The van der Waals surface area contributed by atoms with E-state index in [2.05, 4.69) is 40.2 Å². The summed E-state index contributed by atoms with van der Waals surface area (Å²) in [5, 5.41) is 0.320. The number of aliphatic imine (C=N–C) groups is 1. The molecule has 0 aliphatic carbocycles. The molecule has 2 heterocycles. The van der Waals surface area contributed by atoms with Gasteiger partial charge in [-0.3, -0.25) is 4.79 Å². The van der Waals surface area contributed by atoms with Crippen molar-refractivity contribution in [3.63, 3.8) is 0 Å². The van der Waals surface area contributed by atoms with E-state index in [4.69, 9.17) is 0 Å². The zero-order valence-corrected chi connectivity index (χ0v) is 14.0. The summed E-state index contributed by atoms with van der Waals surface area (Å²) < 4.78 is 0. The summed E-state index contributed by atoms with van der Waals surface area (Å²) in [6.45, 7) is 5.53. The summed E-state index contributed by atoms with van der Waals surface area (Å²) in [7, 11) is 0. The van der Waals surface area contributed by atoms with E-state index in [1.54, 1.807) is 0 Å². The highest BCUT2D eigenvalue weighted by Gasteiger charge is 2.25. The van der Waals surface area contributed by atoms with Crippen LogP contribution in [0.2, 0.25) is 0 Å². The second kappa shape index (κ2) is 7.42. The molecule has 2 aliphatic heterocycles. The van der Waals surface area contributed by atoms with Gasteiger partial charge in [0.05, 0.1) is 5.25 Å². The molecule has 22 heavy (non-hydrogen) atoms. The number of thioether (sulfide) groups is 1. The minimum absolute atomic E-state index is 0.00817. The predicted molar refractivity (Wildman–Crippen MR) is 94.0 cm³/mol. The van der Waals surface area contributed by atoms with Crippen molar-refractivity contribution >= 4 is 22.7 Å². The van der Waals surface area contributed by atoms with Crippen molar-refractivity contribution in [3.05, 3.63) is 35.9 Å². The standard InChI is InChI=1S/C18H24N2OS/c1-14-17(22-18(21)19-14)8-5-11-20-12-9-16(10-13-20)15-6-3-2-4-7-15/h2-4,6-7,16-17H,5,8-13H2,1H3. The van der Waals surface area contributed by atoms with Crippen molar-refractivity contribution in [1.82, 2.24) is 4.90 Å². The molecule has 1 amide bonds. The van der Waals surface area contributed by atoms with Gasteiger partial charge in [-0.2, -0.15) is 0 Å². The highest BCUT2D eigenvalue weighted by atomic mass is 32.2. The first kappa shape index (κ1) is 15.8. The number of piperidine rings is 1. The SMILES string of the molecule is CC1=NC(=O)SC1CCCN1CCC(c2ccccc2)CC1. The molecule has 1 aromatic carbocycles. The lowest BCUT2D eigenvalue weighted by Crippen LogP contribution is -2.34. The summed E-state index contributed by atoms with van der Waals surface area (Å²) in [4.78, 5) is 17.8. The van der Waals surface area contributed by atoms with Crippen LogP contribution in [-0.4, -0.2) is 40.7 Å². The Balaban J connectivity index is 1.38. The van der Waals surface area contributed by atoms with Gasteiger partial charge in [0.1, 0.15) is 0 Å². The van der Waals surface area contributed by atoms with E-state index in [1.165, 1.54) is 43.3 Å². The van der Waals surface area contributed by atoms with Gasteiger partial charge < -0.3 is 4.90 Å². The first-order chi connectivity index (χ1) is 10.7. The Labute approximate surface area is 137 Å². The third-order valence-corrected chi connectivity index (χ3v) is 5.93. The smallest absolute Gasteiger partial charge is 0.303 e. The molecule has 2 aliphatic rings. The fourth-order valence-corrected chi connectivity index (χ4v) is 4.38. The van der Waals surface area contributed by atoms with E-state index in [-0.39, 0.29) is 5.24 Å². The molecular formula is C18H24N2OS. The van der Waals surface area contributed by atoms with Crippen LogP contribution in [0.15, 0.2) is 35.3 Å². The molecular weight excluding hydrogens is 292 g/mol. The Bertz CT molecular complexity index is 535. The molecule has 1 saturated heterocycles. The van der Waals surface area contributed by atoms with Crippen molar-refractivity contribution in [2.45, 2.75) is 43.8 Å². The molecule has 0 spiro atoms. The first-order valence-corrected chi connectivity index (χ1v) is 9.13. The van der Waals surface area contributed by atoms with Gasteiger partial charge in [0, 0.05) is 5.71 Å². The predicted octanol–water partition coefficient (Wildman–Crippen LogP) is 4.34. The molecule has 1 unspecified atom stereocenters. The van der Waals surface area contributed by atoms with Crippen LogP contribution < -0.4 is 0 Å². The lowest BCUT2D eigenvalue weighted by Gasteiger charge is -2.32. The number of rotatable bonds is 5. The fourth-order valence-electron chi connectivity index (χ4n) is 3.43. The lowest BCUT2D eigenvalue weighted by atomic mass is 9.89. The summed E-state index contributed by atoms with van der Waals surface area (Å²) >= 11 is 1.40. The van der Waals surface area contributed by atoms with Crippen molar-refractivity contribution in [2.75, 3.05) is 19.6 Å². The molecule has 3 rings (SSSR count). The van der Waals surface area contributed by atoms with Gasteiger partial charge >= 0.3 is 5.24 Å². The van der Waals surface area contributed by atoms with Gasteiger partial charge in [0.25, 0.3) is 0 Å². The Hall–Kier alpha value is -1.13.